The van der Waals surface area contributed by atoms with Gasteiger partial charge in [-0.2, -0.15) is 0 Å². The lowest BCUT2D eigenvalue weighted by Gasteiger charge is -2.19. The molecular formula is C36H41NO3. The van der Waals surface area contributed by atoms with Crippen LogP contribution in [-0.4, -0.2) is 26.4 Å². The summed E-state index contributed by atoms with van der Waals surface area (Å²) in [5.41, 5.74) is 8.09. The number of carbonyl (C=O) groups excluding carboxylic acids is 1. The van der Waals surface area contributed by atoms with Crippen molar-refractivity contribution in [2.75, 3.05) is 20.4 Å². The number of nitrogens with one attached hydrogen (secondary N) is 1. The number of hydrogen-bond acceptors (Lipinski definition) is 3. The predicted molar refractivity (Wildman–Crippen MR) is 165 cm³/mol. The first-order chi connectivity index (χ1) is 19.5. The highest BCUT2D eigenvalue weighted by molar-refractivity contribution is 5.99. The zero-order valence-corrected chi connectivity index (χ0v) is 24.0. The first-order valence-corrected chi connectivity index (χ1v) is 14.3. The number of hydrogen-bond donors (Lipinski definition) is 1. The Hall–Kier alpha value is -3.89. The third-order valence-corrected chi connectivity index (χ3v) is 7.10. The van der Waals surface area contributed by atoms with E-state index in [4.69, 9.17) is 9.47 Å². The molecule has 0 aliphatic rings. The molecule has 0 saturated carbocycles. The minimum atomic E-state index is -0.0647. The molecule has 0 bridgehead atoms. The number of amides is 1. The summed E-state index contributed by atoms with van der Waals surface area (Å²) in [5.74, 6) is 0.648. The van der Waals surface area contributed by atoms with Crippen LogP contribution in [0, 0.1) is 13.8 Å². The summed E-state index contributed by atoms with van der Waals surface area (Å²) in [6.45, 7) is 4.92. The van der Waals surface area contributed by atoms with Crippen LogP contribution in [0.3, 0.4) is 0 Å². The van der Waals surface area contributed by atoms with Crippen molar-refractivity contribution in [3.63, 3.8) is 0 Å². The summed E-state index contributed by atoms with van der Waals surface area (Å²) in [4.78, 5) is 13.4. The minimum absolute atomic E-state index is 0.0647. The topological polar surface area (TPSA) is 47.6 Å². The maximum atomic E-state index is 13.4. The van der Waals surface area contributed by atoms with E-state index in [1.165, 1.54) is 24.8 Å². The van der Waals surface area contributed by atoms with E-state index in [0.717, 1.165) is 52.6 Å². The number of aryl methyl sites for hydroxylation is 3. The third kappa shape index (κ3) is 8.30. The van der Waals surface area contributed by atoms with Gasteiger partial charge in [0.05, 0.1) is 0 Å². The maximum absolute atomic E-state index is 13.4. The van der Waals surface area contributed by atoms with Gasteiger partial charge >= 0.3 is 0 Å². The normalized spacial score (nSPS) is 10.9. The number of unbranched alkanes of at least 4 members (excludes halogenated alkanes) is 4. The lowest BCUT2D eigenvalue weighted by Crippen LogP contribution is -2.24. The fraction of sp³-hybridized carbons (Fsp3) is 0.306. The zero-order chi connectivity index (χ0) is 28.2. The van der Waals surface area contributed by atoms with Crippen LogP contribution in [0.5, 0.6) is 5.75 Å². The average molecular weight is 536 g/mol. The first kappa shape index (κ1) is 29.1. The minimum Gasteiger partial charge on any atom is -0.466 e. The first-order valence-electron chi connectivity index (χ1n) is 14.3. The smallest absolute Gasteiger partial charge is 0.251 e. The Kier molecular flexibility index (Phi) is 10.9. The molecule has 4 heteroatoms. The average Bonchev–Trinajstić information content (AvgIpc) is 2.97. The summed E-state index contributed by atoms with van der Waals surface area (Å²) in [7, 11) is 1.61. The highest BCUT2D eigenvalue weighted by Gasteiger charge is 2.19. The molecule has 0 fully saturated rings. The highest BCUT2D eigenvalue weighted by Crippen LogP contribution is 2.41. The largest absolute Gasteiger partial charge is 0.466 e. The monoisotopic (exact) mass is 535 g/mol. The van der Waals surface area contributed by atoms with Crippen LogP contribution in [0.2, 0.25) is 0 Å². The molecule has 4 aromatic rings. The predicted octanol–water partition coefficient (Wildman–Crippen LogP) is 8.54. The van der Waals surface area contributed by atoms with E-state index in [0.29, 0.717) is 17.9 Å². The molecule has 0 atom stereocenters. The summed E-state index contributed by atoms with van der Waals surface area (Å²) in [6.07, 6.45) is 6.82. The number of benzene rings is 4. The molecule has 4 rings (SSSR count). The molecule has 208 valence electrons. The second-order valence-electron chi connectivity index (χ2n) is 10.4. The second-order valence-corrected chi connectivity index (χ2v) is 10.4. The van der Waals surface area contributed by atoms with E-state index in [1.807, 2.05) is 24.3 Å². The molecule has 0 heterocycles. The molecule has 1 amide bonds. The number of rotatable bonds is 14. The van der Waals surface area contributed by atoms with Crippen LogP contribution in [0.15, 0.2) is 91.0 Å². The Bertz CT molecular complexity index is 1310. The fourth-order valence-electron chi connectivity index (χ4n) is 5.02. The Morgan fingerprint density at radius 1 is 0.700 bits per heavy atom. The molecule has 4 nitrogen and oxygen atoms in total. The van der Waals surface area contributed by atoms with Crippen LogP contribution >= 0.6 is 0 Å². The molecule has 0 radical (unpaired) electrons. The van der Waals surface area contributed by atoms with Gasteiger partial charge in [-0.25, -0.2) is 0 Å². The van der Waals surface area contributed by atoms with Gasteiger partial charge < -0.3 is 14.8 Å². The van der Waals surface area contributed by atoms with Gasteiger partial charge in [-0.3, -0.25) is 4.79 Å². The van der Waals surface area contributed by atoms with E-state index in [9.17, 15) is 4.79 Å². The summed E-state index contributed by atoms with van der Waals surface area (Å²) in [5, 5.41) is 3.15. The van der Waals surface area contributed by atoms with Crippen molar-refractivity contribution in [1.29, 1.82) is 0 Å². The summed E-state index contributed by atoms with van der Waals surface area (Å²) < 4.78 is 11.4. The van der Waals surface area contributed by atoms with Crippen molar-refractivity contribution in [2.24, 2.45) is 0 Å². The molecule has 0 saturated heterocycles. The molecular weight excluding hydrogens is 494 g/mol. The van der Waals surface area contributed by atoms with E-state index in [-0.39, 0.29) is 12.7 Å². The Morgan fingerprint density at radius 3 is 1.90 bits per heavy atom. The molecule has 4 aromatic carbocycles. The molecule has 0 spiro atoms. The van der Waals surface area contributed by atoms with Gasteiger partial charge in [0.1, 0.15) is 5.75 Å². The van der Waals surface area contributed by atoms with Gasteiger partial charge in [0.25, 0.3) is 5.91 Å². The van der Waals surface area contributed by atoms with Gasteiger partial charge in [-0.05, 0) is 61.9 Å². The van der Waals surface area contributed by atoms with Gasteiger partial charge in [-0.15, -0.1) is 0 Å². The molecule has 40 heavy (non-hydrogen) atoms. The van der Waals surface area contributed by atoms with Crippen molar-refractivity contribution < 1.29 is 14.3 Å². The van der Waals surface area contributed by atoms with Crippen LogP contribution in [0.1, 0.15) is 59.2 Å². The summed E-state index contributed by atoms with van der Waals surface area (Å²) >= 11 is 0. The SMILES string of the molecule is COCOc1c(-c2cccc(C)c2)cc(C(=O)NCCCCCCCc2ccccc2)cc1-c1cccc(C)c1. The van der Waals surface area contributed by atoms with Crippen LogP contribution in [0.25, 0.3) is 22.3 Å². The van der Waals surface area contributed by atoms with E-state index >= 15 is 0 Å². The maximum Gasteiger partial charge on any atom is 0.251 e. The number of methoxy groups -OCH3 is 1. The van der Waals surface area contributed by atoms with E-state index in [1.54, 1.807) is 7.11 Å². The Morgan fingerprint density at radius 2 is 1.30 bits per heavy atom. The zero-order valence-electron chi connectivity index (χ0n) is 24.0. The van der Waals surface area contributed by atoms with Gasteiger partial charge in [0.2, 0.25) is 0 Å². The number of carbonyl (C=O) groups is 1. The molecule has 0 aliphatic carbocycles. The van der Waals surface area contributed by atoms with Gasteiger partial charge in [-0.1, -0.05) is 109 Å². The molecule has 0 aromatic heterocycles. The molecule has 0 aliphatic heterocycles. The highest BCUT2D eigenvalue weighted by atomic mass is 16.7. The van der Waals surface area contributed by atoms with Crippen molar-refractivity contribution >= 4 is 5.91 Å². The fourth-order valence-corrected chi connectivity index (χ4v) is 5.02. The van der Waals surface area contributed by atoms with Crippen molar-refractivity contribution in [1.82, 2.24) is 5.32 Å². The van der Waals surface area contributed by atoms with Crippen LogP contribution < -0.4 is 10.1 Å². The van der Waals surface area contributed by atoms with Crippen molar-refractivity contribution in [2.45, 2.75) is 52.4 Å². The molecule has 0 unspecified atom stereocenters. The number of ether oxygens (including phenoxy) is 2. The van der Waals surface area contributed by atoms with Gasteiger partial charge in [0.15, 0.2) is 6.79 Å². The lowest BCUT2D eigenvalue weighted by atomic mass is 9.93. The Balaban J connectivity index is 1.47. The second kappa shape index (κ2) is 15.0. The third-order valence-electron chi connectivity index (χ3n) is 7.10. The van der Waals surface area contributed by atoms with Gasteiger partial charge in [0, 0.05) is 30.3 Å². The molecule has 1 N–H and O–H groups in total. The summed E-state index contributed by atoms with van der Waals surface area (Å²) in [6, 6.07) is 31.1. The van der Waals surface area contributed by atoms with Crippen molar-refractivity contribution in [3.05, 3.63) is 113 Å². The quantitative estimate of drug-likeness (QED) is 0.130. The standard InChI is InChI=1S/C36H41NO3/c1-27-14-12-19-30(22-27)33-24-32(25-34(35(33)40-26-39-3)31-20-13-15-28(2)23-31)36(38)37-21-11-6-4-5-8-16-29-17-9-7-10-18-29/h7,9-10,12-15,17-20,22-25H,4-6,8,11,16,21,26H2,1-3H3,(H,37,38). The van der Waals surface area contributed by atoms with Crippen molar-refractivity contribution in [3.8, 4) is 28.0 Å². The van der Waals surface area contributed by atoms with E-state index < -0.39 is 0 Å². The van der Waals surface area contributed by atoms with Crippen LogP contribution in [-0.2, 0) is 11.2 Å². The lowest BCUT2D eigenvalue weighted by molar-refractivity contribution is 0.0519. The van der Waals surface area contributed by atoms with E-state index in [2.05, 4.69) is 85.9 Å². The Labute approximate surface area is 239 Å². The van der Waals surface area contributed by atoms with Crippen LogP contribution in [0.4, 0.5) is 0 Å².